The second kappa shape index (κ2) is 4.57. The first kappa shape index (κ1) is 11.6. The molecular weight excluding hydrogens is 212 g/mol. The van der Waals surface area contributed by atoms with E-state index in [9.17, 15) is 0 Å². The number of nitrogens with zero attached hydrogens (tertiary/aromatic N) is 3. The molecule has 4 heteroatoms. The molecule has 0 fully saturated rings. The molecule has 2 aromatic heterocycles. The predicted octanol–water partition coefficient (Wildman–Crippen LogP) is 2.73. The van der Waals surface area contributed by atoms with Gasteiger partial charge in [-0.25, -0.2) is 9.67 Å². The average molecular weight is 230 g/mol. The van der Waals surface area contributed by atoms with E-state index in [0.717, 1.165) is 18.1 Å². The number of anilines is 1. The maximum Gasteiger partial charge on any atom is 0.153 e. The van der Waals surface area contributed by atoms with Crippen molar-refractivity contribution in [3.63, 3.8) is 0 Å². The molecule has 0 spiro atoms. The van der Waals surface area contributed by atoms with Crippen LogP contribution in [0.3, 0.4) is 0 Å². The molecule has 0 aliphatic carbocycles. The summed E-state index contributed by atoms with van der Waals surface area (Å²) in [6.45, 7) is 7.53. The Morgan fingerprint density at radius 1 is 1.29 bits per heavy atom. The van der Waals surface area contributed by atoms with Crippen LogP contribution < -0.4 is 5.32 Å². The molecule has 2 heterocycles. The maximum absolute atomic E-state index is 4.36. The van der Waals surface area contributed by atoms with Gasteiger partial charge in [-0.3, -0.25) is 0 Å². The molecule has 0 bridgehead atoms. The molecule has 0 aliphatic heterocycles. The molecule has 0 amide bonds. The lowest BCUT2D eigenvalue weighted by molar-refractivity contribution is 0.443. The summed E-state index contributed by atoms with van der Waals surface area (Å²) in [6.07, 6.45) is 5.46. The van der Waals surface area contributed by atoms with Gasteiger partial charge in [0.25, 0.3) is 0 Å². The minimum atomic E-state index is 0.265. The van der Waals surface area contributed by atoms with Crippen LogP contribution in [0.4, 0.5) is 5.69 Å². The predicted molar refractivity (Wildman–Crippen MR) is 69.3 cm³/mol. The van der Waals surface area contributed by atoms with Gasteiger partial charge in [0, 0.05) is 18.9 Å². The summed E-state index contributed by atoms with van der Waals surface area (Å²) in [5.41, 5.74) is 1.30. The number of hydrogen-bond acceptors (Lipinski definition) is 3. The lowest BCUT2D eigenvalue weighted by Gasteiger charge is -2.19. The van der Waals surface area contributed by atoms with Crippen molar-refractivity contribution in [2.45, 2.75) is 20.8 Å². The van der Waals surface area contributed by atoms with Crippen LogP contribution >= 0.6 is 0 Å². The highest BCUT2D eigenvalue weighted by Crippen LogP contribution is 2.15. The summed E-state index contributed by atoms with van der Waals surface area (Å²) in [5, 5.41) is 7.50. The fourth-order valence-corrected chi connectivity index (χ4v) is 1.40. The normalized spacial score (nSPS) is 11.5. The largest absolute Gasteiger partial charge is 0.383 e. The van der Waals surface area contributed by atoms with Gasteiger partial charge >= 0.3 is 0 Å². The van der Waals surface area contributed by atoms with Crippen molar-refractivity contribution in [1.29, 1.82) is 0 Å². The van der Waals surface area contributed by atoms with Gasteiger partial charge in [-0.1, -0.05) is 20.8 Å². The van der Waals surface area contributed by atoms with Crippen LogP contribution in [0, 0.1) is 5.41 Å². The molecule has 17 heavy (non-hydrogen) atoms. The van der Waals surface area contributed by atoms with Gasteiger partial charge in [0.2, 0.25) is 0 Å². The Balaban J connectivity index is 2.04. The van der Waals surface area contributed by atoms with Crippen molar-refractivity contribution in [3.05, 3.63) is 36.8 Å². The lowest BCUT2D eigenvalue weighted by atomic mass is 9.97. The standard InChI is InChI=1S/C13H18N4/c1-13(2,3)10-15-11-5-6-12(14-9-11)17-8-4-7-16-17/h4-9,15H,10H2,1-3H3. The van der Waals surface area contributed by atoms with E-state index in [-0.39, 0.29) is 5.41 Å². The second-order valence-electron chi connectivity index (χ2n) is 5.27. The fraction of sp³-hybridized carbons (Fsp3) is 0.385. The fourth-order valence-electron chi connectivity index (χ4n) is 1.40. The van der Waals surface area contributed by atoms with Crippen molar-refractivity contribution in [2.24, 2.45) is 5.41 Å². The molecule has 0 aliphatic rings. The summed E-state index contributed by atoms with van der Waals surface area (Å²) < 4.78 is 1.74. The molecule has 2 aromatic rings. The third-order valence-electron chi connectivity index (χ3n) is 2.31. The number of rotatable bonds is 3. The van der Waals surface area contributed by atoms with Crippen molar-refractivity contribution < 1.29 is 0 Å². The SMILES string of the molecule is CC(C)(C)CNc1ccc(-n2cccn2)nc1. The van der Waals surface area contributed by atoms with Crippen molar-refractivity contribution in [2.75, 3.05) is 11.9 Å². The molecule has 1 N–H and O–H groups in total. The quantitative estimate of drug-likeness (QED) is 0.881. The maximum atomic E-state index is 4.36. The van der Waals surface area contributed by atoms with Crippen molar-refractivity contribution in [3.8, 4) is 5.82 Å². The van der Waals surface area contributed by atoms with Gasteiger partial charge in [-0.15, -0.1) is 0 Å². The molecule has 0 saturated carbocycles. The molecule has 0 radical (unpaired) electrons. The third-order valence-corrected chi connectivity index (χ3v) is 2.31. The molecule has 0 saturated heterocycles. The summed E-state index contributed by atoms with van der Waals surface area (Å²) in [7, 11) is 0. The Hall–Kier alpha value is -1.84. The molecule has 0 aromatic carbocycles. The van der Waals surface area contributed by atoms with Crippen LogP contribution in [-0.2, 0) is 0 Å². The van der Waals surface area contributed by atoms with E-state index >= 15 is 0 Å². The second-order valence-corrected chi connectivity index (χ2v) is 5.27. The summed E-state index contributed by atoms with van der Waals surface area (Å²) in [6, 6.07) is 5.86. The number of nitrogens with one attached hydrogen (secondary N) is 1. The Labute approximate surface area is 102 Å². The molecule has 0 atom stereocenters. The minimum Gasteiger partial charge on any atom is -0.383 e. The number of pyridine rings is 1. The van der Waals surface area contributed by atoms with Gasteiger partial charge in [0.15, 0.2) is 5.82 Å². The zero-order valence-electron chi connectivity index (χ0n) is 10.5. The first-order chi connectivity index (χ1) is 8.04. The first-order valence-corrected chi connectivity index (χ1v) is 5.74. The van der Waals surface area contributed by atoms with Crippen LogP contribution in [0.5, 0.6) is 0 Å². The van der Waals surface area contributed by atoms with Crippen LogP contribution in [0.1, 0.15) is 20.8 Å². The van der Waals surface area contributed by atoms with Crippen LogP contribution in [0.25, 0.3) is 5.82 Å². The summed E-state index contributed by atoms with van der Waals surface area (Å²) in [5.74, 6) is 0.830. The first-order valence-electron chi connectivity index (χ1n) is 5.74. The van der Waals surface area contributed by atoms with E-state index in [4.69, 9.17) is 0 Å². The Morgan fingerprint density at radius 2 is 2.12 bits per heavy atom. The van der Waals surface area contributed by atoms with Crippen LogP contribution in [-0.4, -0.2) is 21.3 Å². The zero-order chi connectivity index (χ0) is 12.3. The molecular formula is C13H18N4. The average Bonchev–Trinajstić information content (AvgIpc) is 2.79. The highest BCUT2D eigenvalue weighted by Gasteiger charge is 2.09. The van der Waals surface area contributed by atoms with Gasteiger partial charge < -0.3 is 5.32 Å². The van der Waals surface area contributed by atoms with Gasteiger partial charge in [-0.2, -0.15) is 5.10 Å². The molecule has 90 valence electrons. The molecule has 2 rings (SSSR count). The summed E-state index contributed by atoms with van der Waals surface area (Å²) in [4.78, 5) is 4.36. The van der Waals surface area contributed by atoms with E-state index in [1.165, 1.54) is 0 Å². The number of hydrogen-bond donors (Lipinski definition) is 1. The van der Waals surface area contributed by atoms with E-state index in [0.29, 0.717) is 0 Å². The van der Waals surface area contributed by atoms with Crippen molar-refractivity contribution >= 4 is 5.69 Å². The van der Waals surface area contributed by atoms with Crippen LogP contribution in [0.15, 0.2) is 36.8 Å². The molecule has 0 unspecified atom stereocenters. The monoisotopic (exact) mass is 230 g/mol. The van der Waals surface area contributed by atoms with E-state index < -0.39 is 0 Å². The zero-order valence-corrected chi connectivity index (χ0v) is 10.5. The Morgan fingerprint density at radius 3 is 2.65 bits per heavy atom. The topological polar surface area (TPSA) is 42.7 Å². The van der Waals surface area contributed by atoms with E-state index in [2.05, 4.69) is 36.2 Å². The summed E-state index contributed by atoms with van der Waals surface area (Å²) >= 11 is 0. The highest BCUT2D eigenvalue weighted by atomic mass is 15.3. The van der Waals surface area contributed by atoms with Crippen molar-refractivity contribution in [1.82, 2.24) is 14.8 Å². The highest BCUT2D eigenvalue weighted by molar-refractivity contribution is 5.43. The van der Waals surface area contributed by atoms with Gasteiger partial charge in [-0.05, 0) is 23.6 Å². The van der Waals surface area contributed by atoms with Gasteiger partial charge in [0.05, 0.1) is 11.9 Å². The lowest BCUT2D eigenvalue weighted by Crippen LogP contribution is -2.19. The molecule has 4 nitrogen and oxygen atoms in total. The van der Waals surface area contributed by atoms with E-state index in [1.54, 1.807) is 10.9 Å². The minimum absolute atomic E-state index is 0.265. The third kappa shape index (κ3) is 3.31. The van der Waals surface area contributed by atoms with E-state index in [1.807, 2.05) is 30.6 Å². The Bertz CT molecular complexity index is 451. The smallest absolute Gasteiger partial charge is 0.153 e. The Kier molecular flexibility index (Phi) is 3.13. The van der Waals surface area contributed by atoms with Crippen LogP contribution in [0.2, 0.25) is 0 Å². The number of aromatic nitrogens is 3. The van der Waals surface area contributed by atoms with Gasteiger partial charge in [0.1, 0.15) is 0 Å².